The van der Waals surface area contributed by atoms with Crippen molar-refractivity contribution in [1.82, 2.24) is 15.1 Å². The van der Waals surface area contributed by atoms with Crippen LogP contribution in [0.25, 0.3) is 5.69 Å². The van der Waals surface area contributed by atoms with E-state index < -0.39 is 0 Å². The van der Waals surface area contributed by atoms with Gasteiger partial charge in [-0.2, -0.15) is 5.10 Å². The monoisotopic (exact) mass is 306 g/mol. The van der Waals surface area contributed by atoms with E-state index in [-0.39, 0.29) is 24.2 Å². The summed E-state index contributed by atoms with van der Waals surface area (Å²) < 4.78 is 1.76. The second-order valence-corrected chi connectivity index (χ2v) is 5.16. The Hall–Kier alpha value is -1.85. The number of nitrogens with zero attached hydrogens (tertiary/aromatic N) is 2. The Kier molecular flexibility index (Phi) is 4.98. The standard InChI is InChI=1S/C15H18N4O.ClH/c1-11(12-9-16-10-12)15(20)18-13-5-2-3-6-14(13)19-8-4-7-17-19;/h2-8,11-12,16H,9-10H2,1H3,(H,18,20);1H. The van der Waals surface area contributed by atoms with Crippen molar-refractivity contribution in [1.29, 1.82) is 0 Å². The molecule has 2 aromatic rings. The van der Waals surface area contributed by atoms with Crippen molar-refractivity contribution in [3.05, 3.63) is 42.7 Å². The summed E-state index contributed by atoms with van der Waals surface area (Å²) in [7, 11) is 0. The molecule has 0 saturated carbocycles. The van der Waals surface area contributed by atoms with Gasteiger partial charge in [0.25, 0.3) is 0 Å². The highest BCUT2D eigenvalue weighted by molar-refractivity contribution is 5.94. The number of carbonyl (C=O) groups excluding carboxylic acids is 1. The molecule has 1 aliphatic rings. The van der Waals surface area contributed by atoms with E-state index in [2.05, 4.69) is 15.7 Å². The molecule has 0 aliphatic carbocycles. The van der Waals surface area contributed by atoms with Gasteiger partial charge in [-0.15, -0.1) is 12.4 Å². The fraction of sp³-hybridized carbons (Fsp3) is 0.333. The van der Waals surface area contributed by atoms with E-state index in [1.807, 2.05) is 43.5 Å². The molecule has 3 rings (SSSR count). The zero-order chi connectivity index (χ0) is 13.9. The van der Waals surface area contributed by atoms with Gasteiger partial charge in [0.15, 0.2) is 0 Å². The minimum absolute atomic E-state index is 0. The van der Waals surface area contributed by atoms with E-state index in [4.69, 9.17) is 0 Å². The van der Waals surface area contributed by atoms with Crippen LogP contribution in [0.2, 0.25) is 0 Å². The van der Waals surface area contributed by atoms with Gasteiger partial charge < -0.3 is 10.6 Å². The van der Waals surface area contributed by atoms with Crippen LogP contribution in [-0.4, -0.2) is 28.8 Å². The molecule has 0 bridgehead atoms. The molecule has 1 saturated heterocycles. The van der Waals surface area contributed by atoms with Crippen molar-refractivity contribution in [2.24, 2.45) is 11.8 Å². The average molecular weight is 307 g/mol. The number of hydrogen-bond acceptors (Lipinski definition) is 3. The number of hydrogen-bond donors (Lipinski definition) is 2. The van der Waals surface area contributed by atoms with Crippen molar-refractivity contribution in [3.8, 4) is 5.69 Å². The summed E-state index contributed by atoms with van der Waals surface area (Å²) in [6, 6.07) is 9.56. The maximum Gasteiger partial charge on any atom is 0.227 e. The van der Waals surface area contributed by atoms with Gasteiger partial charge in [-0.1, -0.05) is 19.1 Å². The fourth-order valence-electron chi connectivity index (χ4n) is 2.32. The van der Waals surface area contributed by atoms with Gasteiger partial charge in [-0.3, -0.25) is 4.79 Å². The number of rotatable bonds is 4. The van der Waals surface area contributed by atoms with Gasteiger partial charge in [0, 0.05) is 18.3 Å². The molecule has 1 amide bonds. The third kappa shape index (κ3) is 3.25. The molecule has 1 aromatic carbocycles. The van der Waals surface area contributed by atoms with Gasteiger partial charge in [-0.05, 0) is 37.2 Å². The summed E-state index contributed by atoms with van der Waals surface area (Å²) in [6.45, 7) is 3.84. The van der Waals surface area contributed by atoms with Crippen LogP contribution >= 0.6 is 12.4 Å². The van der Waals surface area contributed by atoms with Crippen molar-refractivity contribution in [2.75, 3.05) is 18.4 Å². The van der Waals surface area contributed by atoms with Crippen LogP contribution in [0, 0.1) is 11.8 Å². The second-order valence-electron chi connectivity index (χ2n) is 5.16. The maximum absolute atomic E-state index is 12.3. The first-order valence-electron chi connectivity index (χ1n) is 6.86. The summed E-state index contributed by atoms with van der Waals surface area (Å²) >= 11 is 0. The van der Waals surface area contributed by atoms with Crippen LogP contribution < -0.4 is 10.6 Å². The fourth-order valence-corrected chi connectivity index (χ4v) is 2.32. The predicted octanol–water partition coefficient (Wildman–Crippen LogP) is 2.09. The third-order valence-corrected chi connectivity index (χ3v) is 3.85. The summed E-state index contributed by atoms with van der Waals surface area (Å²) in [6.07, 6.45) is 3.59. The number of amides is 1. The van der Waals surface area contributed by atoms with Gasteiger partial charge in [0.2, 0.25) is 5.91 Å². The first-order valence-corrected chi connectivity index (χ1v) is 6.86. The Labute approximate surface area is 130 Å². The molecule has 2 N–H and O–H groups in total. The largest absolute Gasteiger partial charge is 0.324 e. The lowest BCUT2D eigenvalue weighted by atomic mass is 9.88. The lowest BCUT2D eigenvalue weighted by Gasteiger charge is -2.31. The number of anilines is 1. The molecular formula is C15H19ClN4O. The highest BCUT2D eigenvalue weighted by Crippen LogP contribution is 2.22. The molecule has 5 nitrogen and oxygen atoms in total. The quantitative estimate of drug-likeness (QED) is 0.909. The normalized spacial score (nSPS) is 15.7. The van der Waals surface area contributed by atoms with Gasteiger partial charge in [0.05, 0.1) is 11.4 Å². The molecule has 21 heavy (non-hydrogen) atoms. The molecule has 6 heteroatoms. The van der Waals surface area contributed by atoms with Crippen LogP contribution in [-0.2, 0) is 4.79 Å². The second kappa shape index (κ2) is 6.74. The average Bonchev–Trinajstić information content (AvgIpc) is 2.91. The lowest BCUT2D eigenvalue weighted by Crippen LogP contribution is -2.48. The van der Waals surface area contributed by atoms with Gasteiger partial charge in [-0.25, -0.2) is 4.68 Å². The Morgan fingerprint density at radius 2 is 2.14 bits per heavy atom. The molecule has 1 aromatic heterocycles. The number of para-hydroxylation sites is 2. The Balaban J connectivity index is 0.00000161. The number of carbonyl (C=O) groups is 1. The SMILES string of the molecule is CC(C(=O)Nc1ccccc1-n1cccn1)C1CNC1.Cl. The summed E-state index contributed by atoms with van der Waals surface area (Å²) in [5, 5.41) is 10.4. The number of benzene rings is 1. The first kappa shape index (κ1) is 15.5. The smallest absolute Gasteiger partial charge is 0.227 e. The Morgan fingerprint density at radius 1 is 1.38 bits per heavy atom. The topological polar surface area (TPSA) is 59.0 Å². The molecule has 1 fully saturated rings. The predicted molar refractivity (Wildman–Crippen MR) is 85.0 cm³/mol. The maximum atomic E-state index is 12.3. The molecule has 0 radical (unpaired) electrons. The number of halogens is 1. The van der Waals surface area contributed by atoms with Crippen LogP contribution in [0.1, 0.15) is 6.92 Å². The highest BCUT2D eigenvalue weighted by Gasteiger charge is 2.28. The van der Waals surface area contributed by atoms with E-state index in [1.54, 1.807) is 10.9 Å². The van der Waals surface area contributed by atoms with Gasteiger partial charge >= 0.3 is 0 Å². The van der Waals surface area contributed by atoms with E-state index in [1.165, 1.54) is 0 Å². The molecule has 1 aliphatic heterocycles. The van der Waals surface area contributed by atoms with E-state index in [0.717, 1.165) is 24.5 Å². The minimum Gasteiger partial charge on any atom is -0.324 e. The molecule has 1 unspecified atom stereocenters. The Morgan fingerprint density at radius 3 is 2.76 bits per heavy atom. The highest BCUT2D eigenvalue weighted by atomic mass is 35.5. The molecule has 112 valence electrons. The van der Waals surface area contributed by atoms with Gasteiger partial charge in [0.1, 0.15) is 0 Å². The van der Waals surface area contributed by atoms with E-state index >= 15 is 0 Å². The number of nitrogens with one attached hydrogen (secondary N) is 2. The third-order valence-electron chi connectivity index (χ3n) is 3.85. The molecular weight excluding hydrogens is 288 g/mol. The molecule has 1 atom stereocenters. The van der Waals surface area contributed by atoms with Crippen LogP contribution in [0.15, 0.2) is 42.7 Å². The van der Waals surface area contributed by atoms with Crippen molar-refractivity contribution >= 4 is 24.0 Å². The Bertz CT molecular complexity index is 595. The van der Waals surface area contributed by atoms with Crippen molar-refractivity contribution in [3.63, 3.8) is 0 Å². The van der Waals surface area contributed by atoms with Crippen LogP contribution in [0.4, 0.5) is 5.69 Å². The van der Waals surface area contributed by atoms with E-state index in [9.17, 15) is 4.79 Å². The van der Waals surface area contributed by atoms with Crippen molar-refractivity contribution in [2.45, 2.75) is 6.92 Å². The summed E-state index contributed by atoms with van der Waals surface area (Å²) in [5.74, 6) is 0.518. The number of aromatic nitrogens is 2. The molecule has 2 heterocycles. The minimum atomic E-state index is 0. The first-order chi connectivity index (χ1) is 9.75. The zero-order valence-electron chi connectivity index (χ0n) is 11.8. The van der Waals surface area contributed by atoms with Crippen LogP contribution in [0.3, 0.4) is 0 Å². The summed E-state index contributed by atoms with van der Waals surface area (Å²) in [4.78, 5) is 12.3. The van der Waals surface area contributed by atoms with Crippen molar-refractivity contribution < 1.29 is 4.79 Å². The van der Waals surface area contributed by atoms with E-state index in [0.29, 0.717) is 5.92 Å². The molecule has 0 spiro atoms. The zero-order valence-corrected chi connectivity index (χ0v) is 12.6. The van der Waals surface area contributed by atoms with Crippen LogP contribution in [0.5, 0.6) is 0 Å². The summed E-state index contributed by atoms with van der Waals surface area (Å²) in [5.41, 5.74) is 1.67. The lowest BCUT2D eigenvalue weighted by molar-refractivity contribution is -0.121.